The molecule has 0 fully saturated rings. The molecule has 0 saturated carbocycles. The molecule has 154 valence electrons. The topological polar surface area (TPSA) is 101 Å². The molecule has 4 heterocycles. The minimum Gasteiger partial charge on any atom is -0.503 e. The third-order valence-corrected chi connectivity index (χ3v) is 5.97. The van der Waals surface area contributed by atoms with Crippen LogP contribution in [0.3, 0.4) is 0 Å². The first-order chi connectivity index (χ1) is 14.9. The van der Waals surface area contributed by atoms with E-state index >= 15 is 0 Å². The summed E-state index contributed by atoms with van der Waals surface area (Å²) in [7, 11) is 0. The quantitative estimate of drug-likeness (QED) is 0.388. The lowest BCUT2D eigenvalue weighted by molar-refractivity contribution is 0.101. The van der Waals surface area contributed by atoms with Gasteiger partial charge in [0.1, 0.15) is 5.76 Å². The molecule has 0 amide bonds. The van der Waals surface area contributed by atoms with Crippen LogP contribution in [0.15, 0.2) is 59.3 Å². The minimum absolute atomic E-state index is 0.0648. The van der Waals surface area contributed by atoms with Gasteiger partial charge in [0, 0.05) is 18.0 Å². The summed E-state index contributed by atoms with van der Waals surface area (Å²) >= 11 is 1.35. The molecule has 0 unspecified atom stereocenters. The van der Waals surface area contributed by atoms with E-state index in [1.165, 1.54) is 15.9 Å². The van der Waals surface area contributed by atoms with E-state index in [0.29, 0.717) is 16.5 Å². The molecule has 31 heavy (non-hydrogen) atoms. The standard InChI is InChI=1S/C23H17N3O4S/c1-12-5-7-15-17(10-12)31-23(25-15)26-19(14-4-3-9-24-11-14)18(21(28)22(26)29)20(27)16-8-6-13(2)30-16/h3-11,28-29H,1-2H3. The Bertz CT molecular complexity index is 1450. The largest absolute Gasteiger partial charge is 0.503 e. The SMILES string of the molecule is Cc1ccc2nc(-n3c(O)c(O)c(C(=O)c4ccc(C)o4)c3-c3cccnc3)sc2c1. The zero-order valence-corrected chi connectivity index (χ0v) is 17.5. The predicted octanol–water partition coefficient (Wildman–Crippen LogP) is 5.00. The molecule has 0 bridgehead atoms. The predicted molar refractivity (Wildman–Crippen MR) is 117 cm³/mol. The van der Waals surface area contributed by atoms with Gasteiger partial charge in [-0.3, -0.25) is 14.3 Å². The van der Waals surface area contributed by atoms with E-state index in [-0.39, 0.29) is 17.0 Å². The van der Waals surface area contributed by atoms with Gasteiger partial charge < -0.3 is 14.6 Å². The molecule has 5 aromatic rings. The molecule has 0 radical (unpaired) electrons. The first-order valence-electron chi connectivity index (χ1n) is 9.50. The number of hydrogen-bond acceptors (Lipinski definition) is 7. The van der Waals surface area contributed by atoms with Crippen molar-refractivity contribution in [3.05, 3.63) is 77.5 Å². The van der Waals surface area contributed by atoms with Crippen LogP contribution in [0.5, 0.6) is 11.6 Å². The van der Waals surface area contributed by atoms with Crippen molar-refractivity contribution in [3.63, 3.8) is 0 Å². The van der Waals surface area contributed by atoms with Gasteiger partial charge in [-0.05, 0) is 55.8 Å². The monoisotopic (exact) mass is 431 g/mol. The van der Waals surface area contributed by atoms with E-state index in [1.807, 2.05) is 25.1 Å². The summed E-state index contributed by atoms with van der Waals surface area (Å²) in [6.45, 7) is 3.71. The van der Waals surface area contributed by atoms with Crippen LogP contribution in [0.25, 0.3) is 26.6 Å². The molecule has 0 aliphatic rings. The van der Waals surface area contributed by atoms with Crippen LogP contribution in [0.4, 0.5) is 0 Å². The van der Waals surface area contributed by atoms with Gasteiger partial charge in [0.25, 0.3) is 0 Å². The molecule has 7 nitrogen and oxygen atoms in total. The number of furan rings is 1. The second-order valence-electron chi connectivity index (χ2n) is 7.18. The van der Waals surface area contributed by atoms with Gasteiger partial charge in [-0.1, -0.05) is 17.4 Å². The number of pyridine rings is 1. The lowest BCUT2D eigenvalue weighted by atomic mass is 10.0. The summed E-state index contributed by atoms with van der Waals surface area (Å²) in [5, 5.41) is 22.1. The Kier molecular flexibility index (Phi) is 4.37. The molecule has 0 aliphatic carbocycles. The molecule has 4 aromatic heterocycles. The Hall–Kier alpha value is -3.91. The van der Waals surface area contributed by atoms with Crippen molar-refractivity contribution >= 4 is 27.3 Å². The Labute approximate surface area is 180 Å². The van der Waals surface area contributed by atoms with Gasteiger partial charge in [0.05, 0.1) is 21.5 Å². The number of thiazole rings is 1. The fourth-order valence-corrected chi connectivity index (χ4v) is 4.59. The normalized spacial score (nSPS) is 11.3. The number of aromatic hydroxyl groups is 2. The van der Waals surface area contributed by atoms with E-state index in [2.05, 4.69) is 9.97 Å². The Morgan fingerprint density at radius 1 is 1.13 bits per heavy atom. The highest BCUT2D eigenvalue weighted by atomic mass is 32.1. The Morgan fingerprint density at radius 3 is 2.68 bits per heavy atom. The number of nitrogens with zero attached hydrogens (tertiary/aromatic N) is 3. The molecular weight excluding hydrogens is 414 g/mol. The van der Waals surface area contributed by atoms with E-state index in [1.54, 1.807) is 43.6 Å². The van der Waals surface area contributed by atoms with Crippen LogP contribution in [0.1, 0.15) is 27.4 Å². The average molecular weight is 431 g/mol. The zero-order valence-electron chi connectivity index (χ0n) is 16.7. The summed E-state index contributed by atoms with van der Waals surface area (Å²) in [4.78, 5) is 22.0. The van der Waals surface area contributed by atoms with Crippen LogP contribution in [0, 0.1) is 13.8 Å². The fourth-order valence-electron chi connectivity index (χ4n) is 3.52. The highest BCUT2D eigenvalue weighted by Crippen LogP contribution is 2.45. The van der Waals surface area contributed by atoms with Crippen molar-refractivity contribution in [2.45, 2.75) is 13.8 Å². The number of benzene rings is 1. The molecule has 5 rings (SSSR count). The highest BCUT2D eigenvalue weighted by Gasteiger charge is 2.32. The zero-order chi connectivity index (χ0) is 21.7. The third-order valence-electron chi connectivity index (χ3n) is 4.97. The number of hydrogen-bond donors (Lipinski definition) is 2. The number of rotatable bonds is 4. The average Bonchev–Trinajstić information content (AvgIpc) is 3.44. The summed E-state index contributed by atoms with van der Waals surface area (Å²) < 4.78 is 7.79. The number of carbonyl (C=O) groups is 1. The Balaban J connectivity index is 1.81. The lowest BCUT2D eigenvalue weighted by Gasteiger charge is -2.08. The van der Waals surface area contributed by atoms with Crippen LogP contribution in [0.2, 0.25) is 0 Å². The smallest absolute Gasteiger partial charge is 0.242 e. The van der Waals surface area contributed by atoms with Gasteiger partial charge in [-0.2, -0.15) is 0 Å². The molecular formula is C23H17N3O4S. The summed E-state index contributed by atoms with van der Waals surface area (Å²) in [5.74, 6) is -0.920. The van der Waals surface area contributed by atoms with E-state index in [0.717, 1.165) is 15.8 Å². The van der Waals surface area contributed by atoms with Crippen molar-refractivity contribution in [1.29, 1.82) is 0 Å². The molecule has 8 heteroatoms. The molecule has 0 atom stereocenters. The number of ketones is 1. The van der Waals surface area contributed by atoms with Crippen molar-refractivity contribution < 1.29 is 19.4 Å². The van der Waals surface area contributed by atoms with Crippen LogP contribution < -0.4 is 0 Å². The maximum absolute atomic E-state index is 13.3. The second-order valence-corrected chi connectivity index (χ2v) is 8.19. The maximum Gasteiger partial charge on any atom is 0.242 e. The molecule has 0 aliphatic heterocycles. The summed E-state index contributed by atoms with van der Waals surface area (Å²) in [6.07, 6.45) is 3.17. The van der Waals surface area contributed by atoms with Crippen molar-refractivity contribution in [2.75, 3.05) is 0 Å². The van der Waals surface area contributed by atoms with Crippen LogP contribution in [-0.4, -0.2) is 30.5 Å². The highest BCUT2D eigenvalue weighted by molar-refractivity contribution is 7.20. The molecule has 2 N–H and O–H groups in total. The first-order valence-corrected chi connectivity index (χ1v) is 10.3. The van der Waals surface area contributed by atoms with Gasteiger partial charge in [-0.25, -0.2) is 4.98 Å². The number of aryl methyl sites for hydroxylation is 2. The van der Waals surface area contributed by atoms with Crippen LogP contribution in [-0.2, 0) is 0 Å². The van der Waals surface area contributed by atoms with Crippen LogP contribution >= 0.6 is 11.3 Å². The molecule has 1 aromatic carbocycles. The molecule has 0 spiro atoms. The van der Waals surface area contributed by atoms with Gasteiger partial charge in [-0.15, -0.1) is 0 Å². The van der Waals surface area contributed by atoms with Crippen molar-refractivity contribution in [1.82, 2.24) is 14.5 Å². The Morgan fingerprint density at radius 2 is 1.97 bits per heavy atom. The van der Waals surface area contributed by atoms with Gasteiger partial charge >= 0.3 is 0 Å². The second kappa shape index (κ2) is 7.10. The summed E-state index contributed by atoms with van der Waals surface area (Å²) in [6, 6.07) is 12.5. The first kappa shape index (κ1) is 19.1. The number of fused-ring (bicyclic) bond motifs is 1. The maximum atomic E-state index is 13.3. The van der Waals surface area contributed by atoms with Gasteiger partial charge in [0.2, 0.25) is 11.7 Å². The fraction of sp³-hybridized carbons (Fsp3) is 0.0870. The number of aromatic nitrogens is 3. The van der Waals surface area contributed by atoms with Crippen molar-refractivity contribution in [2.24, 2.45) is 0 Å². The lowest BCUT2D eigenvalue weighted by Crippen LogP contribution is -2.04. The minimum atomic E-state index is -0.546. The van der Waals surface area contributed by atoms with Crippen molar-refractivity contribution in [3.8, 4) is 28.0 Å². The molecule has 0 saturated heterocycles. The van der Waals surface area contributed by atoms with E-state index in [4.69, 9.17) is 4.42 Å². The van der Waals surface area contributed by atoms with Gasteiger partial charge in [0.15, 0.2) is 16.6 Å². The summed E-state index contributed by atoms with van der Waals surface area (Å²) in [5.41, 5.74) is 2.59. The van der Waals surface area contributed by atoms with E-state index < -0.39 is 17.4 Å². The third kappa shape index (κ3) is 3.08. The number of carbonyl (C=O) groups excluding carboxylic acids is 1. The van der Waals surface area contributed by atoms with E-state index in [9.17, 15) is 15.0 Å².